The van der Waals surface area contributed by atoms with Crippen molar-refractivity contribution in [2.75, 3.05) is 11.3 Å². The molecule has 3 aromatic rings. The fraction of sp³-hybridized carbons (Fsp3) is 0.150. The summed E-state index contributed by atoms with van der Waals surface area (Å²) in [5.74, 6) is 0.686. The van der Waals surface area contributed by atoms with Gasteiger partial charge in [0.15, 0.2) is 0 Å². The van der Waals surface area contributed by atoms with Crippen LogP contribution < -0.4 is 10.0 Å². The highest BCUT2D eigenvalue weighted by molar-refractivity contribution is 7.92. The van der Waals surface area contributed by atoms with Gasteiger partial charge >= 0.3 is 0 Å². The van der Waals surface area contributed by atoms with Gasteiger partial charge in [0.1, 0.15) is 5.76 Å². The molecule has 6 nitrogen and oxygen atoms in total. The number of hydrogen-bond donors (Lipinski definition) is 2. The van der Waals surface area contributed by atoms with Gasteiger partial charge in [-0.2, -0.15) is 0 Å². The molecule has 0 bridgehead atoms. The van der Waals surface area contributed by atoms with Gasteiger partial charge in [-0.1, -0.05) is 18.2 Å². The highest BCUT2D eigenvalue weighted by atomic mass is 32.2. The first-order valence-electron chi connectivity index (χ1n) is 8.53. The van der Waals surface area contributed by atoms with Crippen molar-refractivity contribution in [3.05, 3.63) is 84.3 Å². The van der Waals surface area contributed by atoms with Crippen LogP contribution in [0.25, 0.3) is 0 Å². The van der Waals surface area contributed by atoms with E-state index in [0.717, 1.165) is 18.6 Å². The number of anilines is 1. The number of furan rings is 1. The maximum atomic E-state index is 12.3. The lowest BCUT2D eigenvalue weighted by Gasteiger charge is -2.09. The Hall–Kier alpha value is -3.06. The summed E-state index contributed by atoms with van der Waals surface area (Å²) < 4.78 is 32.3. The quantitative estimate of drug-likeness (QED) is 0.582. The zero-order valence-electron chi connectivity index (χ0n) is 14.6. The van der Waals surface area contributed by atoms with Crippen molar-refractivity contribution in [2.24, 2.45) is 0 Å². The zero-order valence-corrected chi connectivity index (χ0v) is 15.4. The molecule has 3 rings (SSSR count). The molecule has 1 aromatic heterocycles. The molecule has 0 radical (unpaired) electrons. The Kier molecular flexibility index (Phi) is 5.93. The number of aryl methyl sites for hydroxylation is 1. The summed E-state index contributed by atoms with van der Waals surface area (Å²) >= 11 is 0. The minimum Gasteiger partial charge on any atom is -0.469 e. The molecule has 0 aliphatic carbocycles. The Balaban J connectivity index is 1.52. The molecule has 27 heavy (non-hydrogen) atoms. The second kappa shape index (κ2) is 8.55. The van der Waals surface area contributed by atoms with Crippen LogP contribution in [0.1, 0.15) is 22.5 Å². The molecule has 140 valence electrons. The van der Waals surface area contributed by atoms with Crippen molar-refractivity contribution < 1.29 is 17.6 Å². The minimum atomic E-state index is -3.64. The number of sulfonamides is 1. The van der Waals surface area contributed by atoms with Crippen LogP contribution in [0.5, 0.6) is 0 Å². The van der Waals surface area contributed by atoms with E-state index in [1.165, 1.54) is 12.1 Å². The highest BCUT2D eigenvalue weighted by Crippen LogP contribution is 2.16. The van der Waals surface area contributed by atoms with Gasteiger partial charge < -0.3 is 9.73 Å². The van der Waals surface area contributed by atoms with Crippen LogP contribution in [0.15, 0.2) is 82.3 Å². The molecule has 1 amide bonds. The zero-order chi connectivity index (χ0) is 19.1. The maximum Gasteiger partial charge on any atom is 0.261 e. The Labute approximate surface area is 158 Å². The molecule has 0 spiro atoms. The number of benzene rings is 2. The van der Waals surface area contributed by atoms with E-state index < -0.39 is 10.0 Å². The average Bonchev–Trinajstić information content (AvgIpc) is 3.20. The normalized spacial score (nSPS) is 11.1. The second-order valence-corrected chi connectivity index (χ2v) is 7.62. The van der Waals surface area contributed by atoms with Gasteiger partial charge in [-0.25, -0.2) is 8.42 Å². The predicted octanol–water partition coefficient (Wildman–Crippen LogP) is 3.44. The molecule has 0 fully saturated rings. The number of hydrogen-bond acceptors (Lipinski definition) is 4. The molecule has 0 unspecified atom stereocenters. The van der Waals surface area contributed by atoms with E-state index in [1.54, 1.807) is 48.7 Å². The molecule has 0 saturated heterocycles. The van der Waals surface area contributed by atoms with Gasteiger partial charge in [-0.3, -0.25) is 9.52 Å². The standard InChI is InChI=1S/C20H20N2O4S/c23-20(21-14-4-6-18-7-5-15-26-18)16-10-12-17(13-11-16)22-27(24,25)19-8-2-1-3-9-19/h1-3,5,7-13,15,22H,4,6,14H2,(H,21,23). The maximum absolute atomic E-state index is 12.3. The summed E-state index contributed by atoms with van der Waals surface area (Å²) in [5, 5.41) is 2.84. The largest absolute Gasteiger partial charge is 0.469 e. The predicted molar refractivity (Wildman–Crippen MR) is 103 cm³/mol. The topological polar surface area (TPSA) is 88.4 Å². The van der Waals surface area contributed by atoms with E-state index in [9.17, 15) is 13.2 Å². The molecule has 2 aromatic carbocycles. The fourth-order valence-corrected chi connectivity index (χ4v) is 3.60. The molecule has 2 N–H and O–H groups in total. The SMILES string of the molecule is O=C(NCCCc1ccco1)c1ccc(NS(=O)(=O)c2ccccc2)cc1. The van der Waals surface area contributed by atoms with E-state index in [1.807, 2.05) is 12.1 Å². The third-order valence-corrected chi connectivity index (χ3v) is 5.32. The lowest BCUT2D eigenvalue weighted by atomic mass is 10.2. The monoisotopic (exact) mass is 384 g/mol. The van der Waals surface area contributed by atoms with Gasteiger partial charge in [0.25, 0.3) is 15.9 Å². The first-order valence-corrected chi connectivity index (χ1v) is 10.0. The summed E-state index contributed by atoms with van der Waals surface area (Å²) in [6.07, 6.45) is 3.16. The Bertz CT molecular complexity index is 967. The van der Waals surface area contributed by atoms with Crippen LogP contribution in [0.2, 0.25) is 0 Å². The van der Waals surface area contributed by atoms with E-state index in [0.29, 0.717) is 17.8 Å². The average molecular weight is 384 g/mol. The number of nitrogens with one attached hydrogen (secondary N) is 2. The summed E-state index contributed by atoms with van der Waals surface area (Å²) in [6, 6.07) is 18.2. The van der Waals surface area contributed by atoms with Gasteiger partial charge in [-0.05, 0) is 55.0 Å². The van der Waals surface area contributed by atoms with E-state index in [4.69, 9.17) is 4.42 Å². The van der Waals surface area contributed by atoms with Gasteiger partial charge in [-0.15, -0.1) is 0 Å². The van der Waals surface area contributed by atoms with Gasteiger partial charge in [0, 0.05) is 24.2 Å². The molecule has 0 aliphatic rings. The van der Waals surface area contributed by atoms with Crippen molar-refractivity contribution in [2.45, 2.75) is 17.7 Å². The van der Waals surface area contributed by atoms with E-state index in [2.05, 4.69) is 10.0 Å². The molecule has 0 saturated carbocycles. The fourth-order valence-electron chi connectivity index (χ4n) is 2.52. The number of carbonyl (C=O) groups excluding carboxylic acids is 1. The van der Waals surface area contributed by atoms with Gasteiger partial charge in [0.2, 0.25) is 0 Å². The third-order valence-electron chi connectivity index (χ3n) is 3.92. The van der Waals surface area contributed by atoms with Crippen molar-refractivity contribution in [1.29, 1.82) is 0 Å². The first kappa shape index (κ1) is 18.7. The van der Waals surface area contributed by atoms with Gasteiger partial charge in [0.05, 0.1) is 11.2 Å². The summed E-state index contributed by atoms with van der Waals surface area (Å²) in [6.45, 7) is 0.530. The van der Waals surface area contributed by atoms with E-state index >= 15 is 0 Å². The lowest BCUT2D eigenvalue weighted by molar-refractivity contribution is 0.0953. The highest BCUT2D eigenvalue weighted by Gasteiger charge is 2.13. The first-order chi connectivity index (χ1) is 13.0. The molecule has 0 atom stereocenters. The number of rotatable bonds is 8. The Morgan fingerprint density at radius 3 is 2.33 bits per heavy atom. The smallest absolute Gasteiger partial charge is 0.261 e. The second-order valence-electron chi connectivity index (χ2n) is 5.93. The molecule has 1 heterocycles. The molecular weight excluding hydrogens is 364 g/mol. The Morgan fingerprint density at radius 1 is 0.926 bits per heavy atom. The molecule has 0 aliphatic heterocycles. The van der Waals surface area contributed by atoms with Crippen LogP contribution in [-0.4, -0.2) is 20.9 Å². The molecular formula is C20H20N2O4S. The minimum absolute atomic E-state index is 0.184. The molecule has 7 heteroatoms. The van der Waals surface area contributed by atoms with Crippen molar-refractivity contribution in [3.63, 3.8) is 0 Å². The third kappa shape index (κ3) is 5.21. The van der Waals surface area contributed by atoms with Crippen molar-refractivity contribution in [1.82, 2.24) is 5.32 Å². The van der Waals surface area contributed by atoms with Crippen LogP contribution >= 0.6 is 0 Å². The summed E-state index contributed by atoms with van der Waals surface area (Å²) in [4.78, 5) is 12.3. The lowest BCUT2D eigenvalue weighted by Crippen LogP contribution is -2.24. The summed E-state index contributed by atoms with van der Waals surface area (Å²) in [7, 11) is -3.64. The van der Waals surface area contributed by atoms with E-state index in [-0.39, 0.29) is 10.8 Å². The number of amides is 1. The van der Waals surface area contributed by atoms with Crippen LogP contribution in [0.4, 0.5) is 5.69 Å². The summed E-state index contributed by atoms with van der Waals surface area (Å²) in [5.41, 5.74) is 0.865. The van der Waals surface area contributed by atoms with Crippen LogP contribution in [-0.2, 0) is 16.4 Å². The Morgan fingerprint density at radius 2 is 1.67 bits per heavy atom. The van der Waals surface area contributed by atoms with Crippen LogP contribution in [0, 0.1) is 0 Å². The van der Waals surface area contributed by atoms with Crippen molar-refractivity contribution in [3.8, 4) is 0 Å². The van der Waals surface area contributed by atoms with Crippen molar-refractivity contribution >= 4 is 21.6 Å². The number of carbonyl (C=O) groups is 1. The van der Waals surface area contributed by atoms with Crippen LogP contribution in [0.3, 0.4) is 0 Å².